The lowest BCUT2D eigenvalue weighted by Crippen LogP contribution is -2.21. The zero-order valence-corrected chi connectivity index (χ0v) is 13.3. The first-order valence-corrected chi connectivity index (χ1v) is 7.50. The van der Waals surface area contributed by atoms with E-state index in [1.165, 1.54) is 12.1 Å². The maximum atomic E-state index is 12.7. The molecule has 2 N–H and O–H groups in total. The molecule has 3 rings (SSSR count). The molecule has 1 aliphatic rings. The highest BCUT2D eigenvalue weighted by atomic mass is 16.3. The first-order valence-electron chi connectivity index (χ1n) is 7.50. The number of rotatable bonds is 2. The molecule has 0 aromatic heterocycles. The normalized spacial score (nSPS) is 12.9. The third kappa shape index (κ3) is 2.42. The number of carbonyl (C=O) groups is 2. The monoisotopic (exact) mass is 320 g/mol. The molecule has 0 amide bonds. The molecule has 0 heterocycles. The summed E-state index contributed by atoms with van der Waals surface area (Å²) >= 11 is 0. The van der Waals surface area contributed by atoms with Crippen LogP contribution < -0.4 is 0 Å². The number of fused-ring (bicyclic) bond motifs is 2. The second-order valence-electron chi connectivity index (χ2n) is 5.89. The summed E-state index contributed by atoms with van der Waals surface area (Å²) in [6.07, 6.45) is 5.12. The summed E-state index contributed by atoms with van der Waals surface area (Å²) in [5.74, 6) is -1.54. The first-order chi connectivity index (χ1) is 11.4. The summed E-state index contributed by atoms with van der Waals surface area (Å²) in [6, 6.07) is 7.69. The van der Waals surface area contributed by atoms with Gasteiger partial charge in [0.1, 0.15) is 11.5 Å². The van der Waals surface area contributed by atoms with E-state index in [0.29, 0.717) is 0 Å². The number of hydrogen-bond donors (Lipinski definition) is 2. The topological polar surface area (TPSA) is 74.6 Å². The van der Waals surface area contributed by atoms with Crippen LogP contribution in [0.3, 0.4) is 0 Å². The molecular formula is C20H16O4. The van der Waals surface area contributed by atoms with Crippen LogP contribution in [0.2, 0.25) is 0 Å². The van der Waals surface area contributed by atoms with Crippen molar-refractivity contribution < 1.29 is 19.8 Å². The molecule has 4 nitrogen and oxygen atoms in total. The quantitative estimate of drug-likeness (QED) is 0.555. The van der Waals surface area contributed by atoms with Gasteiger partial charge >= 0.3 is 0 Å². The van der Waals surface area contributed by atoms with E-state index in [2.05, 4.69) is 0 Å². The zero-order chi connectivity index (χ0) is 17.4. The minimum atomic E-state index is -0.467. The molecule has 0 atom stereocenters. The second-order valence-corrected chi connectivity index (χ2v) is 5.89. The van der Waals surface area contributed by atoms with Gasteiger partial charge in [0, 0.05) is 16.7 Å². The van der Waals surface area contributed by atoms with Crippen LogP contribution in [0, 0.1) is 0 Å². The zero-order valence-electron chi connectivity index (χ0n) is 13.3. The average molecular weight is 320 g/mol. The molecule has 2 aromatic rings. The predicted molar refractivity (Wildman–Crippen MR) is 91.5 cm³/mol. The first kappa shape index (κ1) is 15.7. The van der Waals surface area contributed by atoms with Gasteiger partial charge in [-0.05, 0) is 19.9 Å². The second kappa shape index (κ2) is 5.81. The van der Waals surface area contributed by atoms with Crippen LogP contribution in [0.4, 0.5) is 0 Å². The Morgan fingerprint density at radius 1 is 0.958 bits per heavy atom. The summed E-state index contributed by atoms with van der Waals surface area (Å²) in [5, 5.41) is 20.7. The van der Waals surface area contributed by atoms with E-state index in [1.54, 1.807) is 30.4 Å². The van der Waals surface area contributed by atoms with Crippen molar-refractivity contribution in [3.63, 3.8) is 0 Å². The third-order valence-corrected chi connectivity index (χ3v) is 3.88. The maximum Gasteiger partial charge on any atom is 0.198 e. The van der Waals surface area contributed by atoms with E-state index >= 15 is 0 Å². The third-order valence-electron chi connectivity index (χ3n) is 3.88. The molecule has 4 heteroatoms. The Morgan fingerprint density at radius 3 is 2.12 bits per heavy atom. The van der Waals surface area contributed by atoms with Crippen molar-refractivity contribution >= 4 is 17.6 Å². The Hall–Kier alpha value is -3.14. The number of benzene rings is 2. The standard InChI is InChI=1S/C20H16O4/c1-11(2)6-5-7-12-10-15(21)16-17(18(12)22)20(24)14-9-4-3-8-13(14)19(16)23/h3-10,21-22H,1-2H3/b7-5-. The van der Waals surface area contributed by atoms with Crippen LogP contribution in [0.1, 0.15) is 51.3 Å². The Balaban J connectivity index is 2.22. The van der Waals surface area contributed by atoms with Crippen molar-refractivity contribution in [3.05, 3.63) is 75.9 Å². The van der Waals surface area contributed by atoms with Crippen molar-refractivity contribution in [2.75, 3.05) is 0 Å². The molecule has 0 aliphatic heterocycles. The summed E-state index contributed by atoms with van der Waals surface area (Å²) in [7, 11) is 0. The van der Waals surface area contributed by atoms with Crippen molar-refractivity contribution in [2.45, 2.75) is 13.8 Å². The van der Waals surface area contributed by atoms with Gasteiger partial charge in [0.25, 0.3) is 0 Å². The van der Waals surface area contributed by atoms with E-state index < -0.39 is 11.6 Å². The highest BCUT2D eigenvalue weighted by Gasteiger charge is 2.35. The SMILES string of the molecule is CC(C)=C/C=C\c1cc(O)c2c(c1O)C(=O)c1ccccc1C2=O. The average Bonchev–Trinajstić information content (AvgIpc) is 2.55. The fourth-order valence-electron chi connectivity index (χ4n) is 2.75. The lowest BCUT2D eigenvalue weighted by atomic mass is 9.82. The van der Waals surface area contributed by atoms with Gasteiger partial charge in [-0.15, -0.1) is 0 Å². The number of hydrogen-bond acceptors (Lipinski definition) is 4. The Labute approximate surface area is 139 Å². The van der Waals surface area contributed by atoms with Gasteiger partial charge in [-0.25, -0.2) is 0 Å². The molecule has 0 unspecified atom stereocenters. The Morgan fingerprint density at radius 2 is 1.54 bits per heavy atom. The van der Waals surface area contributed by atoms with Crippen LogP contribution in [0.25, 0.3) is 6.08 Å². The number of carbonyl (C=O) groups excluding carboxylic acids is 2. The van der Waals surface area contributed by atoms with E-state index in [4.69, 9.17) is 0 Å². The highest BCUT2D eigenvalue weighted by molar-refractivity contribution is 6.30. The van der Waals surface area contributed by atoms with Crippen molar-refractivity contribution in [2.24, 2.45) is 0 Å². The molecule has 0 bridgehead atoms. The summed E-state index contributed by atoms with van der Waals surface area (Å²) < 4.78 is 0. The van der Waals surface area contributed by atoms with Crippen LogP contribution in [-0.4, -0.2) is 21.8 Å². The largest absolute Gasteiger partial charge is 0.507 e. The summed E-state index contributed by atoms with van der Waals surface area (Å²) in [5.41, 5.74) is 1.52. The highest BCUT2D eigenvalue weighted by Crippen LogP contribution is 2.40. The summed E-state index contributed by atoms with van der Waals surface area (Å²) in [6.45, 7) is 3.85. The van der Waals surface area contributed by atoms with Gasteiger partial charge in [0.2, 0.25) is 0 Å². The van der Waals surface area contributed by atoms with Crippen molar-refractivity contribution in [3.8, 4) is 11.5 Å². The van der Waals surface area contributed by atoms with E-state index in [-0.39, 0.29) is 39.3 Å². The number of aromatic hydroxyl groups is 2. The molecular weight excluding hydrogens is 304 g/mol. The van der Waals surface area contributed by atoms with Crippen LogP contribution >= 0.6 is 0 Å². The van der Waals surface area contributed by atoms with Gasteiger partial charge in [0.15, 0.2) is 11.6 Å². The lowest BCUT2D eigenvalue weighted by molar-refractivity contribution is 0.0974. The van der Waals surface area contributed by atoms with E-state index in [1.807, 2.05) is 19.9 Å². The maximum absolute atomic E-state index is 12.7. The van der Waals surface area contributed by atoms with Crippen molar-refractivity contribution in [1.29, 1.82) is 0 Å². The molecule has 0 fully saturated rings. The number of allylic oxidation sites excluding steroid dienone is 3. The Bertz CT molecular complexity index is 929. The van der Waals surface area contributed by atoms with E-state index in [9.17, 15) is 19.8 Å². The molecule has 0 spiro atoms. The number of phenols is 2. The van der Waals surface area contributed by atoms with Crippen molar-refractivity contribution in [1.82, 2.24) is 0 Å². The van der Waals surface area contributed by atoms with Gasteiger partial charge in [0.05, 0.1) is 11.1 Å². The van der Waals surface area contributed by atoms with Gasteiger partial charge < -0.3 is 10.2 Å². The predicted octanol–water partition coefficient (Wildman–Crippen LogP) is 3.85. The smallest absolute Gasteiger partial charge is 0.198 e. The molecule has 24 heavy (non-hydrogen) atoms. The van der Waals surface area contributed by atoms with Crippen LogP contribution in [0.15, 0.2) is 48.1 Å². The number of ketones is 2. The van der Waals surface area contributed by atoms with Crippen LogP contribution in [0.5, 0.6) is 11.5 Å². The fourth-order valence-corrected chi connectivity index (χ4v) is 2.75. The van der Waals surface area contributed by atoms with Crippen LogP contribution in [-0.2, 0) is 0 Å². The Kier molecular flexibility index (Phi) is 3.81. The molecule has 0 saturated carbocycles. The number of phenolic OH excluding ortho intramolecular Hbond substituents is 2. The molecule has 120 valence electrons. The molecule has 2 aromatic carbocycles. The van der Waals surface area contributed by atoms with Gasteiger partial charge in [-0.2, -0.15) is 0 Å². The molecule has 0 radical (unpaired) electrons. The minimum absolute atomic E-state index is 0.143. The fraction of sp³-hybridized carbons (Fsp3) is 0.100. The summed E-state index contributed by atoms with van der Waals surface area (Å²) in [4.78, 5) is 25.3. The molecule has 1 aliphatic carbocycles. The van der Waals surface area contributed by atoms with Gasteiger partial charge in [-0.3, -0.25) is 9.59 Å². The minimum Gasteiger partial charge on any atom is -0.507 e. The molecule has 0 saturated heterocycles. The lowest BCUT2D eigenvalue weighted by Gasteiger charge is -2.20. The van der Waals surface area contributed by atoms with E-state index in [0.717, 1.165) is 5.57 Å². The van der Waals surface area contributed by atoms with Gasteiger partial charge in [-0.1, -0.05) is 48.1 Å².